The molecule has 110 valence electrons. The second-order valence-corrected chi connectivity index (χ2v) is 4.60. The maximum atomic E-state index is 12.6. The fraction of sp³-hybridized carbons (Fsp3) is 0.250. The van der Waals surface area contributed by atoms with Gasteiger partial charge in [0.1, 0.15) is 5.75 Å². The third kappa shape index (κ3) is 3.51. The molecule has 5 heteroatoms. The van der Waals surface area contributed by atoms with Crippen LogP contribution in [0.25, 0.3) is 0 Å². The Hall–Kier alpha value is -2.56. The SMILES string of the molecule is CCN(Cc1ccccn1)C(=O)c1ccc(N)c(OC)c1. The van der Waals surface area contributed by atoms with E-state index in [1.807, 2.05) is 25.1 Å². The zero-order chi connectivity index (χ0) is 15.2. The molecule has 0 spiro atoms. The Morgan fingerprint density at radius 2 is 2.14 bits per heavy atom. The number of pyridine rings is 1. The highest BCUT2D eigenvalue weighted by molar-refractivity contribution is 5.95. The van der Waals surface area contributed by atoms with Crippen LogP contribution in [0.4, 0.5) is 5.69 Å². The maximum absolute atomic E-state index is 12.6. The molecule has 0 atom stereocenters. The lowest BCUT2D eigenvalue weighted by Gasteiger charge is -2.21. The highest BCUT2D eigenvalue weighted by atomic mass is 16.5. The van der Waals surface area contributed by atoms with Crippen LogP contribution in [0.1, 0.15) is 23.0 Å². The highest BCUT2D eigenvalue weighted by Crippen LogP contribution is 2.23. The van der Waals surface area contributed by atoms with Crippen molar-refractivity contribution in [2.24, 2.45) is 0 Å². The molecule has 0 aliphatic rings. The number of ether oxygens (including phenoxy) is 1. The molecule has 1 aromatic heterocycles. The molecule has 0 aliphatic carbocycles. The standard InChI is InChI=1S/C16H19N3O2/c1-3-19(11-13-6-4-5-9-18-13)16(20)12-7-8-14(17)15(10-12)21-2/h4-10H,3,11,17H2,1-2H3. The van der Waals surface area contributed by atoms with Gasteiger partial charge in [-0.3, -0.25) is 9.78 Å². The summed E-state index contributed by atoms with van der Waals surface area (Å²) in [5, 5.41) is 0. The van der Waals surface area contributed by atoms with Gasteiger partial charge in [0.05, 0.1) is 25.0 Å². The Kier molecular flexibility index (Phi) is 4.77. The molecule has 1 heterocycles. The quantitative estimate of drug-likeness (QED) is 0.856. The van der Waals surface area contributed by atoms with Crippen molar-refractivity contribution in [2.75, 3.05) is 19.4 Å². The van der Waals surface area contributed by atoms with Crippen molar-refractivity contribution in [3.63, 3.8) is 0 Å². The normalized spacial score (nSPS) is 10.2. The first-order chi connectivity index (χ1) is 10.2. The molecular formula is C16H19N3O2. The summed E-state index contributed by atoms with van der Waals surface area (Å²) in [7, 11) is 1.53. The molecule has 0 saturated heterocycles. The van der Waals surface area contributed by atoms with Gasteiger partial charge in [-0.25, -0.2) is 0 Å². The number of benzene rings is 1. The Bertz CT molecular complexity index is 614. The first kappa shape index (κ1) is 14.8. The van der Waals surface area contributed by atoms with Crippen molar-refractivity contribution in [3.05, 3.63) is 53.9 Å². The van der Waals surface area contributed by atoms with E-state index in [4.69, 9.17) is 10.5 Å². The summed E-state index contributed by atoms with van der Waals surface area (Å²) in [5.41, 5.74) is 7.70. The van der Waals surface area contributed by atoms with Gasteiger partial charge >= 0.3 is 0 Å². The minimum atomic E-state index is -0.0681. The number of carbonyl (C=O) groups excluding carboxylic acids is 1. The van der Waals surface area contributed by atoms with Gasteiger partial charge in [-0.05, 0) is 37.3 Å². The topological polar surface area (TPSA) is 68.5 Å². The van der Waals surface area contributed by atoms with Gasteiger partial charge in [0.2, 0.25) is 0 Å². The monoisotopic (exact) mass is 285 g/mol. The van der Waals surface area contributed by atoms with Gasteiger partial charge in [0, 0.05) is 18.3 Å². The van der Waals surface area contributed by atoms with E-state index < -0.39 is 0 Å². The largest absolute Gasteiger partial charge is 0.495 e. The van der Waals surface area contributed by atoms with E-state index in [-0.39, 0.29) is 5.91 Å². The van der Waals surface area contributed by atoms with E-state index in [2.05, 4.69) is 4.98 Å². The smallest absolute Gasteiger partial charge is 0.254 e. The Morgan fingerprint density at radius 1 is 1.33 bits per heavy atom. The number of hydrogen-bond donors (Lipinski definition) is 1. The van der Waals surface area contributed by atoms with E-state index in [1.54, 1.807) is 29.3 Å². The van der Waals surface area contributed by atoms with Gasteiger partial charge in [-0.2, -0.15) is 0 Å². The number of nitrogens with two attached hydrogens (primary N) is 1. The molecule has 21 heavy (non-hydrogen) atoms. The summed E-state index contributed by atoms with van der Waals surface area (Å²) in [4.78, 5) is 18.5. The maximum Gasteiger partial charge on any atom is 0.254 e. The van der Waals surface area contributed by atoms with Crippen molar-refractivity contribution >= 4 is 11.6 Å². The second-order valence-electron chi connectivity index (χ2n) is 4.60. The van der Waals surface area contributed by atoms with Crippen molar-refractivity contribution in [2.45, 2.75) is 13.5 Å². The Balaban J connectivity index is 2.20. The zero-order valence-corrected chi connectivity index (χ0v) is 12.2. The average molecular weight is 285 g/mol. The minimum absolute atomic E-state index is 0.0681. The lowest BCUT2D eigenvalue weighted by atomic mass is 10.1. The van der Waals surface area contributed by atoms with Crippen LogP contribution in [-0.4, -0.2) is 29.4 Å². The molecule has 0 aliphatic heterocycles. The number of anilines is 1. The molecule has 2 N–H and O–H groups in total. The summed E-state index contributed by atoms with van der Waals surface area (Å²) >= 11 is 0. The Labute approximate surface area is 124 Å². The number of methoxy groups -OCH3 is 1. The van der Waals surface area contributed by atoms with Crippen LogP contribution in [0, 0.1) is 0 Å². The molecule has 0 saturated carbocycles. The van der Waals surface area contributed by atoms with E-state index in [9.17, 15) is 4.79 Å². The molecule has 0 fully saturated rings. The number of hydrogen-bond acceptors (Lipinski definition) is 4. The number of carbonyl (C=O) groups is 1. The molecular weight excluding hydrogens is 266 g/mol. The van der Waals surface area contributed by atoms with E-state index in [0.717, 1.165) is 5.69 Å². The van der Waals surface area contributed by atoms with E-state index in [0.29, 0.717) is 30.1 Å². The number of aromatic nitrogens is 1. The zero-order valence-electron chi connectivity index (χ0n) is 12.2. The molecule has 2 aromatic rings. The summed E-state index contributed by atoms with van der Waals surface area (Å²) in [6.07, 6.45) is 1.72. The van der Waals surface area contributed by atoms with Crippen molar-refractivity contribution in [1.82, 2.24) is 9.88 Å². The molecule has 1 amide bonds. The van der Waals surface area contributed by atoms with Crippen molar-refractivity contribution < 1.29 is 9.53 Å². The highest BCUT2D eigenvalue weighted by Gasteiger charge is 2.16. The summed E-state index contributed by atoms with van der Waals surface area (Å²) in [6, 6.07) is 10.7. The first-order valence-electron chi connectivity index (χ1n) is 6.78. The molecule has 5 nitrogen and oxygen atoms in total. The summed E-state index contributed by atoms with van der Waals surface area (Å²) in [6.45, 7) is 3.01. The number of rotatable bonds is 5. The molecule has 0 bridgehead atoms. The van der Waals surface area contributed by atoms with Gasteiger partial charge in [0.15, 0.2) is 0 Å². The predicted molar refractivity (Wildman–Crippen MR) is 82.1 cm³/mol. The van der Waals surface area contributed by atoms with E-state index in [1.165, 1.54) is 7.11 Å². The summed E-state index contributed by atoms with van der Waals surface area (Å²) < 4.78 is 5.16. The number of nitrogen functional groups attached to an aromatic ring is 1. The second kappa shape index (κ2) is 6.74. The van der Waals surface area contributed by atoms with Crippen LogP contribution in [0.3, 0.4) is 0 Å². The van der Waals surface area contributed by atoms with Crippen LogP contribution >= 0.6 is 0 Å². The van der Waals surface area contributed by atoms with Crippen molar-refractivity contribution in [3.8, 4) is 5.75 Å². The van der Waals surface area contributed by atoms with Gasteiger partial charge in [-0.1, -0.05) is 6.07 Å². The number of amides is 1. The lowest BCUT2D eigenvalue weighted by molar-refractivity contribution is 0.0750. The first-order valence-corrected chi connectivity index (χ1v) is 6.78. The molecule has 1 aromatic carbocycles. The van der Waals surface area contributed by atoms with Gasteiger partial charge in [0.25, 0.3) is 5.91 Å². The van der Waals surface area contributed by atoms with Gasteiger partial charge < -0.3 is 15.4 Å². The van der Waals surface area contributed by atoms with Crippen LogP contribution in [0.5, 0.6) is 5.75 Å². The fourth-order valence-corrected chi connectivity index (χ4v) is 2.04. The molecule has 0 unspecified atom stereocenters. The van der Waals surface area contributed by atoms with Crippen molar-refractivity contribution in [1.29, 1.82) is 0 Å². The Morgan fingerprint density at radius 3 is 2.76 bits per heavy atom. The molecule has 2 rings (SSSR count). The van der Waals surface area contributed by atoms with Crippen LogP contribution < -0.4 is 10.5 Å². The van der Waals surface area contributed by atoms with Crippen LogP contribution in [0.2, 0.25) is 0 Å². The third-order valence-corrected chi connectivity index (χ3v) is 3.23. The minimum Gasteiger partial charge on any atom is -0.495 e. The van der Waals surface area contributed by atoms with Crippen LogP contribution in [-0.2, 0) is 6.54 Å². The summed E-state index contributed by atoms with van der Waals surface area (Å²) in [5.74, 6) is 0.441. The molecule has 0 radical (unpaired) electrons. The predicted octanol–water partition coefficient (Wildman–Crippen LogP) is 2.33. The van der Waals surface area contributed by atoms with Gasteiger partial charge in [-0.15, -0.1) is 0 Å². The fourth-order valence-electron chi connectivity index (χ4n) is 2.04. The van der Waals surface area contributed by atoms with Crippen LogP contribution in [0.15, 0.2) is 42.6 Å². The number of nitrogens with zero attached hydrogens (tertiary/aromatic N) is 2. The van der Waals surface area contributed by atoms with E-state index >= 15 is 0 Å². The third-order valence-electron chi connectivity index (χ3n) is 3.23. The lowest BCUT2D eigenvalue weighted by Crippen LogP contribution is -2.30. The average Bonchev–Trinajstić information content (AvgIpc) is 2.53.